The Labute approximate surface area is 152 Å². The van der Waals surface area contributed by atoms with E-state index in [1.54, 1.807) is 12.4 Å². The zero-order chi connectivity index (χ0) is 18.0. The third-order valence-corrected chi connectivity index (χ3v) is 5.34. The van der Waals surface area contributed by atoms with Gasteiger partial charge in [0.2, 0.25) is 5.91 Å². The lowest BCUT2D eigenvalue weighted by molar-refractivity contribution is -0.138. The molecular formula is C18H23N5O3. The number of likely N-dealkylation sites (tertiary alicyclic amines) is 1. The molecule has 1 amide bonds. The third kappa shape index (κ3) is 3.60. The zero-order valence-electron chi connectivity index (χ0n) is 14.9. The number of nitrogens with zero attached hydrogens (tertiary/aromatic N) is 5. The van der Waals surface area contributed by atoms with Gasteiger partial charge in [-0.1, -0.05) is 5.16 Å². The van der Waals surface area contributed by atoms with E-state index >= 15 is 0 Å². The van der Waals surface area contributed by atoms with Gasteiger partial charge in [-0.15, -0.1) is 0 Å². The molecule has 0 saturated carbocycles. The second-order valence-corrected chi connectivity index (χ2v) is 7.14. The van der Waals surface area contributed by atoms with Crippen molar-refractivity contribution < 1.29 is 14.1 Å². The van der Waals surface area contributed by atoms with E-state index in [-0.39, 0.29) is 17.6 Å². The fourth-order valence-corrected chi connectivity index (χ4v) is 3.83. The number of carbonyl (C=O) groups is 1. The van der Waals surface area contributed by atoms with Crippen LogP contribution in [0.15, 0.2) is 23.2 Å². The van der Waals surface area contributed by atoms with Gasteiger partial charge < -0.3 is 14.2 Å². The van der Waals surface area contributed by atoms with Crippen LogP contribution >= 0.6 is 0 Å². The molecule has 0 N–H and O–H groups in total. The Morgan fingerprint density at radius 2 is 2.04 bits per heavy atom. The molecule has 2 saturated heterocycles. The van der Waals surface area contributed by atoms with Crippen molar-refractivity contribution >= 4 is 5.91 Å². The predicted octanol–water partition coefficient (Wildman–Crippen LogP) is 2.01. The van der Waals surface area contributed by atoms with E-state index in [1.807, 2.05) is 11.8 Å². The van der Waals surface area contributed by atoms with Crippen LogP contribution in [0.1, 0.15) is 55.5 Å². The van der Waals surface area contributed by atoms with E-state index in [9.17, 15) is 4.79 Å². The van der Waals surface area contributed by atoms with E-state index in [2.05, 4.69) is 20.1 Å². The molecule has 1 spiro atoms. The van der Waals surface area contributed by atoms with Gasteiger partial charge >= 0.3 is 0 Å². The number of ether oxygens (including phenoxy) is 1. The largest absolute Gasteiger partial charge is 0.362 e. The van der Waals surface area contributed by atoms with Crippen LogP contribution in [0.4, 0.5) is 0 Å². The second-order valence-electron chi connectivity index (χ2n) is 7.14. The lowest BCUT2D eigenvalue weighted by Gasteiger charge is -2.39. The van der Waals surface area contributed by atoms with Gasteiger partial charge in [0.1, 0.15) is 12.4 Å². The standard InChI is InChI=1S/C18H23N5O3/c1-13-21-17(26-22-13)15-4-5-18(25-15)6-8-23(9-7-18)16(24)3-2-14-10-19-12-20-11-14/h10-12,15H,2-9H2,1H3. The van der Waals surface area contributed by atoms with Gasteiger partial charge in [0.25, 0.3) is 5.89 Å². The third-order valence-electron chi connectivity index (χ3n) is 5.34. The minimum Gasteiger partial charge on any atom is -0.362 e. The molecule has 0 bridgehead atoms. The molecule has 0 aromatic carbocycles. The minimum atomic E-state index is -0.156. The summed E-state index contributed by atoms with van der Waals surface area (Å²) in [6.07, 6.45) is 9.66. The quantitative estimate of drug-likeness (QED) is 0.826. The molecule has 1 unspecified atom stereocenters. The van der Waals surface area contributed by atoms with Gasteiger partial charge in [-0.2, -0.15) is 4.98 Å². The van der Waals surface area contributed by atoms with Crippen molar-refractivity contribution in [3.63, 3.8) is 0 Å². The summed E-state index contributed by atoms with van der Waals surface area (Å²) in [6.45, 7) is 3.28. The van der Waals surface area contributed by atoms with Crippen LogP contribution in [0.3, 0.4) is 0 Å². The van der Waals surface area contributed by atoms with Crippen molar-refractivity contribution in [2.24, 2.45) is 0 Å². The molecule has 138 valence electrons. The molecule has 2 aromatic rings. The first-order valence-electron chi connectivity index (χ1n) is 9.13. The lowest BCUT2D eigenvalue weighted by atomic mass is 9.88. The molecule has 4 heterocycles. The molecule has 2 fully saturated rings. The number of hydrogen-bond donors (Lipinski definition) is 0. The van der Waals surface area contributed by atoms with Gasteiger partial charge in [0, 0.05) is 31.9 Å². The smallest absolute Gasteiger partial charge is 0.255 e. The first-order chi connectivity index (χ1) is 12.6. The molecule has 4 rings (SSSR count). The van der Waals surface area contributed by atoms with Gasteiger partial charge in [-0.05, 0) is 44.6 Å². The van der Waals surface area contributed by atoms with E-state index in [1.165, 1.54) is 6.33 Å². The molecule has 2 aliphatic heterocycles. The molecule has 1 atom stereocenters. The Morgan fingerprint density at radius 1 is 1.27 bits per heavy atom. The summed E-state index contributed by atoms with van der Waals surface area (Å²) in [7, 11) is 0. The number of hydrogen-bond acceptors (Lipinski definition) is 7. The lowest BCUT2D eigenvalue weighted by Crippen LogP contribution is -2.46. The first kappa shape index (κ1) is 17.1. The Hall–Kier alpha value is -2.35. The summed E-state index contributed by atoms with van der Waals surface area (Å²) >= 11 is 0. The summed E-state index contributed by atoms with van der Waals surface area (Å²) in [5.74, 6) is 1.39. The number of carbonyl (C=O) groups excluding carboxylic acids is 1. The maximum Gasteiger partial charge on any atom is 0.255 e. The van der Waals surface area contributed by atoms with Crippen LogP contribution in [0.2, 0.25) is 0 Å². The van der Waals surface area contributed by atoms with Crippen LogP contribution < -0.4 is 0 Å². The second kappa shape index (κ2) is 7.11. The van der Waals surface area contributed by atoms with Crippen LogP contribution in [-0.4, -0.2) is 49.6 Å². The minimum absolute atomic E-state index is 0.114. The summed E-state index contributed by atoms with van der Waals surface area (Å²) in [6, 6.07) is 0. The highest BCUT2D eigenvalue weighted by atomic mass is 16.5. The molecule has 8 nitrogen and oxygen atoms in total. The summed E-state index contributed by atoms with van der Waals surface area (Å²) < 4.78 is 11.6. The molecule has 8 heteroatoms. The normalized spacial score (nSPS) is 22.0. The Balaban J connectivity index is 1.28. The Bertz CT molecular complexity index is 755. The van der Waals surface area contributed by atoms with Gasteiger partial charge in [0.05, 0.1) is 5.60 Å². The number of rotatable bonds is 4. The zero-order valence-corrected chi connectivity index (χ0v) is 14.9. The monoisotopic (exact) mass is 357 g/mol. The summed E-state index contributed by atoms with van der Waals surface area (Å²) in [5.41, 5.74) is 0.836. The highest BCUT2D eigenvalue weighted by Crippen LogP contribution is 2.44. The van der Waals surface area contributed by atoms with Crippen molar-refractivity contribution in [2.75, 3.05) is 13.1 Å². The van der Waals surface area contributed by atoms with E-state index in [4.69, 9.17) is 9.26 Å². The average molecular weight is 357 g/mol. The molecule has 2 aromatic heterocycles. The first-order valence-corrected chi connectivity index (χ1v) is 9.13. The molecule has 26 heavy (non-hydrogen) atoms. The number of piperidine rings is 1. The van der Waals surface area contributed by atoms with E-state index in [0.29, 0.717) is 24.6 Å². The van der Waals surface area contributed by atoms with Crippen LogP contribution in [0.5, 0.6) is 0 Å². The summed E-state index contributed by atoms with van der Waals surface area (Å²) in [4.78, 5) is 26.7. The predicted molar refractivity (Wildman–Crippen MR) is 91.0 cm³/mol. The fourth-order valence-electron chi connectivity index (χ4n) is 3.83. The fraction of sp³-hybridized carbons (Fsp3) is 0.611. The Kier molecular flexibility index (Phi) is 4.67. The van der Waals surface area contributed by atoms with Crippen molar-refractivity contribution in [1.29, 1.82) is 0 Å². The highest BCUT2D eigenvalue weighted by Gasteiger charge is 2.45. The van der Waals surface area contributed by atoms with Crippen LogP contribution in [0, 0.1) is 6.92 Å². The molecule has 0 radical (unpaired) electrons. The average Bonchev–Trinajstić information content (AvgIpc) is 3.28. The van der Waals surface area contributed by atoms with Gasteiger partial charge in [-0.3, -0.25) is 4.79 Å². The van der Waals surface area contributed by atoms with Gasteiger partial charge in [-0.25, -0.2) is 9.97 Å². The maximum absolute atomic E-state index is 12.5. The number of amides is 1. The SMILES string of the molecule is Cc1noc(C2CCC3(CCN(C(=O)CCc4cncnc4)CC3)O2)n1. The Morgan fingerprint density at radius 3 is 2.73 bits per heavy atom. The van der Waals surface area contributed by atoms with Crippen molar-refractivity contribution in [2.45, 2.75) is 57.2 Å². The molecular weight excluding hydrogens is 334 g/mol. The highest BCUT2D eigenvalue weighted by molar-refractivity contribution is 5.76. The van der Waals surface area contributed by atoms with Crippen LogP contribution in [-0.2, 0) is 16.0 Å². The summed E-state index contributed by atoms with van der Waals surface area (Å²) in [5, 5.41) is 3.85. The van der Waals surface area contributed by atoms with Crippen molar-refractivity contribution in [1.82, 2.24) is 25.0 Å². The van der Waals surface area contributed by atoms with E-state index in [0.717, 1.165) is 44.3 Å². The van der Waals surface area contributed by atoms with E-state index < -0.39 is 0 Å². The number of aromatic nitrogens is 4. The topological polar surface area (TPSA) is 94.2 Å². The maximum atomic E-state index is 12.5. The molecule has 0 aliphatic carbocycles. The van der Waals surface area contributed by atoms with Crippen LogP contribution in [0.25, 0.3) is 0 Å². The van der Waals surface area contributed by atoms with Gasteiger partial charge in [0.15, 0.2) is 5.82 Å². The number of aryl methyl sites for hydroxylation is 2. The molecule has 2 aliphatic rings. The van der Waals surface area contributed by atoms with Crippen molar-refractivity contribution in [3.05, 3.63) is 36.0 Å². The van der Waals surface area contributed by atoms with Crippen molar-refractivity contribution in [3.8, 4) is 0 Å².